The minimum atomic E-state index is -0.271. The second-order valence-corrected chi connectivity index (χ2v) is 7.53. The van der Waals surface area contributed by atoms with E-state index in [2.05, 4.69) is 5.32 Å². The minimum Gasteiger partial charge on any atom is -0.456 e. The SMILES string of the molecule is O=C(CC1CCCC1)OCC(=O)N1CCC(C(=O)Nc2ccccc2)CC1. The molecule has 6 heteroatoms. The number of piperidine rings is 1. The second-order valence-electron chi connectivity index (χ2n) is 7.53. The van der Waals surface area contributed by atoms with Gasteiger partial charge in [0.15, 0.2) is 6.61 Å². The van der Waals surface area contributed by atoms with E-state index >= 15 is 0 Å². The van der Waals surface area contributed by atoms with Gasteiger partial charge in [-0.2, -0.15) is 0 Å². The average Bonchev–Trinajstić information content (AvgIpc) is 3.20. The highest BCUT2D eigenvalue weighted by Gasteiger charge is 2.28. The van der Waals surface area contributed by atoms with E-state index in [-0.39, 0.29) is 30.3 Å². The molecule has 0 spiro atoms. The molecule has 0 aromatic heterocycles. The number of likely N-dealkylation sites (tertiary alicyclic amines) is 1. The van der Waals surface area contributed by atoms with Gasteiger partial charge in [0.2, 0.25) is 5.91 Å². The fraction of sp³-hybridized carbons (Fsp3) is 0.571. The van der Waals surface area contributed by atoms with Gasteiger partial charge in [-0.15, -0.1) is 0 Å². The Hall–Kier alpha value is -2.37. The molecule has 0 radical (unpaired) electrons. The van der Waals surface area contributed by atoms with E-state index in [0.717, 1.165) is 18.5 Å². The Kier molecular flexibility index (Phi) is 6.85. The van der Waals surface area contributed by atoms with Crippen LogP contribution in [-0.2, 0) is 19.1 Å². The highest BCUT2D eigenvalue weighted by Crippen LogP contribution is 2.27. The first kappa shape index (κ1) is 19.4. The summed E-state index contributed by atoms with van der Waals surface area (Å²) in [5.74, 6) is -0.119. The summed E-state index contributed by atoms with van der Waals surface area (Å²) >= 11 is 0. The van der Waals surface area contributed by atoms with Crippen molar-refractivity contribution < 1.29 is 19.1 Å². The number of carbonyl (C=O) groups is 3. The van der Waals surface area contributed by atoms with Crippen LogP contribution in [-0.4, -0.2) is 42.4 Å². The molecule has 0 bridgehead atoms. The summed E-state index contributed by atoms with van der Waals surface area (Å²) in [6.07, 6.45) is 6.21. The van der Waals surface area contributed by atoms with E-state index in [1.54, 1.807) is 4.90 Å². The van der Waals surface area contributed by atoms with Crippen LogP contribution in [0.5, 0.6) is 0 Å². The number of ether oxygens (including phenoxy) is 1. The van der Waals surface area contributed by atoms with Crippen molar-refractivity contribution >= 4 is 23.5 Å². The number of hydrogen-bond acceptors (Lipinski definition) is 4. The molecule has 1 heterocycles. The average molecular weight is 372 g/mol. The zero-order valence-corrected chi connectivity index (χ0v) is 15.7. The topological polar surface area (TPSA) is 75.7 Å². The summed E-state index contributed by atoms with van der Waals surface area (Å²) in [4.78, 5) is 38.1. The number of para-hydroxylation sites is 1. The van der Waals surface area contributed by atoms with Crippen molar-refractivity contribution in [2.45, 2.75) is 44.9 Å². The summed E-state index contributed by atoms with van der Waals surface area (Å²) in [6, 6.07) is 9.38. The summed E-state index contributed by atoms with van der Waals surface area (Å²) in [6.45, 7) is 0.851. The number of anilines is 1. The van der Waals surface area contributed by atoms with Gasteiger partial charge in [0, 0.05) is 31.1 Å². The molecule has 6 nitrogen and oxygen atoms in total. The molecule has 0 unspecified atom stereocenters. The van der Waals surface area contributed by atoms with Crippen LogP contribution in [0.1, 0.15) is 44.9 Å². The molecular weight excluding hydrogens is 344 g/mol. The third-order valence-electron chi connectivity index (χ3n) is 5.55. The van der Waals surface area contributed by atoms with Crippen molar-refractivity contribution in [2.24, 2.45) is 11.8 Å². The molecule has 1 aromatic rings. The van der Waals surface area contributed by atoms with Crippen LogP contribution in [0.2, 0.25) is 0 Å². The Morgan fingerprint density at radius 3 is 2.33 bits per heavy atom. The van der Waals surface area contributed by atoms with Gasteiger partial charge in [0.25, 0.3) is 5.91 Å². The Labute approximate surface area is 160 Å². The van der Waals surface area contributed by atoms with Crippen LogP contribution in [0.4, 0.5) is 5.69 Å². The van der Waals surface area contributed by atoms with Crippen molar-refractivity contribution in [3.8, 4) is 0 Å². The van der Waals surface area contributed by atoms with Gasteiger partial charge in [-0.1, -0.05) is 31.0 Å². The lowest BCUT2D eigenvalue weighted by Crippen LogP contribution is -2.43. The largest absolute Gasteiger partial charge is 0.456 e. The molecule has 1 aliphatic carbocycles. The maximum atomic E-state index is 12.3. The standard InChI is InChI=1S/C21H28N2O4/c24-19(15-27-20(25)14-16-6-4-5-7-16)23-12-10-17(11-13-23)21(26)22-18-8-2-1-3-9-18/h1-3,8-9,16-17H,4-7,10-15H2,(H,22,26). The third kappa shape index (κ3) is 5.81. The molecule has 27 heavy (non-hydrogen) atoms. The number of benzene rings is 1. The Morgan fingerprint density at radius 2 is 1.67 bits per heavy atom. The molecule has 3 rings (SSSR count). The van der Waals surface area contributed by atoms with E-state index in [9.17, 15) is 14.4 Å². The first-order valence-corrected chi connectivity index (χ1v) is 9.91. The predicted octanol–water partition coefficient (Wildman–Crippen LogP) is 2.99. The van der Waals surface area contributed by atoms with E-state index < -0.39 is 0 Å². The van der Waals surface area contributed by atoms with E-state index in [4.69, 9.17) is 4.74 Å². The number of nitrogens with one attached hydrogen (secondary N) is 1. The lowest BCUT2D eigenvalue weighted by atomic mass is 9.95. The zero-order chi connectivity index (χ0) is 19.1. The maximum Gasteiger partial charge on any atom is 0.306 e. The zero-order valence-electron chi connectivity index (χ0n) is 15.7. The second kappa shape index (κ2) is 9.53. The lowest BCUT2D eigenvalue weighted by Gasteiger charge is -2.31. The highest BCUT2D eigenvalue weighted by molar-refractivity contribution is 5.92. The van der Waals surface area contributed by atoms with Crippen LogP contribution in [0.3, 0.4) is 0 Å². The lowest BCUT2D eigenvalue weighted by molar-refractivity contribution is -0.153. The molecule has 1 aliphatic heterocycles. The number of carbonyl (C=O) groups excluding carboxylic acids is 3. The normalized spacial score (nSPS) is 18.3. The van der Waals surface area contributed by atoms with Crippen LogP contribution in [0, 0.1) is 11.8 Å². The van der Waals surface area contributed by atoms with E-state index in [0.29, 0.717) is 38.3 Å². The Morgan fingerprint density at radius 1 is 1.00 bits per heavy atom. The molecule has 1 N–H and O–H groups in total. The molecule has 2 amide bonds. The molecule has 0 atom stereocenters. The minimum absolute atomic E-state index is 0.00343. The molecule has 1 saturated carbocycles. The van der Waals surface area contributed by atoms with Gasteiger partial charge in [0.05, 0.1) is 0 Å². The first-order chi connectivity index (χ1) is 13.1. The summed E-state index contributed by atoms with van der Waals surface area (Å²) in [7, 11) is 0. The Bertz CT molecular complexity index is 647. The number of hydrogen-bond donors (Lipinski definition) is 1. The van der Waals surface area contributed by atoms with Crippen molar-refractivity contribution in [3.05, 3.63) is 30.3 Å². The van der Waals surface area contributed by atoms with Crippen molar-refractivity contribution in [2.75, 3.05) is 25.0 Å². The van der Waals surface area contributed by atoms with Gasteiger partial charge in [-0.25, -0.2) is 0 Å². The summed E-state index contributed by atoms with van der Waals surface area (Å²) < 4.78 is 5.16. The van der Waals surface area contributed by atoms with Gasteiger partial charge in [-0.05, 0) is 43.7 Å². The van der Waals surface area contributed by atoms with Crippen LogP contribution >= 0.6 is 0 Å². The van der Waals surface area contributed by atoms with Crippen molar-refractivity contribution in [1.29, 1.82) is 0 Å². The van der Waals surface area contributed by atoms with Crippen molar-refractivity contribution in [3.63, 3.8) is 0 Å². The monoisotopic (exact) mass is 372 g/mol. The number of rotatable bonds is 6. The third-order valence-corrected chi connectivity index (χ3v) is 5.55. The smallest absolute Gasteiger partial charge is 0.306 e. The molecular formula is C21H28N2O4. The molecule has 2 fully saturated rings. The number of amides is 2. The van der Waals surface area contributed by atoms with Gasteiger partial charge in [0.1, 0.15) is 0 Å². The molecule has 1 aromatic carbocycles. The fourth-order valence-electron chi connectivity index (χ4n) is 3.90. The number of nitrogens with zero attached hydrogens (tertiary/aromatic N) is 1. The van der Waals surface area contributed by atoms with E-state index in [1.165, 1.54) is 12.8 Å². The van der Waals surface area contributed by atoms with Crippen LogP contribution < -0.4 is 5.32 Å². The highest BCUT2D eigenvalue weighted by atomic mass is 16.5. The first-order valence-electron chi connectivity index (χ1n) is 9.91. The van der Waals surface area contributed by atoms with Gasteiger partial charge >= 0.3 is 5.97 Å². The summed E-state index contributed by atoms with van der Waals surface area (Å²) in [5, 5.41) is 2.92. The molecule has 1 saturated heterocycles. The van der Waals surface area contributed by atoms with Crippen LogP contribution in [0.15, 0.2) is 30.3 Å². The predicted molar refractivity (Wildman–Crippen MR) is 102 cm³/mol. The number of esters is 1. The van der Waals surface area contributed by atoms with Gasteiger partial charge in [-0.3, -0.25) is 14.4 Å². The Balaban J connectivity index is 1.36. The van der Waals surface area contributed by atoms with Crippen LogP contribution in [0.25, 0.3) is 0 Å². The van der Waals surface area contributed by atoms with Gasteiger partial charge < -0.3 is 15.0 Å². The van der Waals surface area contributed by atoms with E-state index in [1.807, 2.05) is 30.3 Å². The molecule has 146 valence electrons. The summed E-state index contributed by atoms with van der Waals surface area (Å²) in [5.41, 5.74) is 0.787. The quantitative estimate of drug-likeness (QED) is 0.779. The maximum absolute atomic E-state index is 12.3. The molecule has 2 aliphatic rings. The van der Waals surface area contributed by atoms with Crippen molar-refractivity contribution in [1.82, 2.24) is 4.90 Å². The fourth-order valence-corrected chi connectivity index (χ4v) is 3.90.